The van der Waals surface area contributed by atoms with Crippen LogP contribution in [0, 0.1) is 0 Å². The Balaban J connectivity index is 1.93. The molecule has 1 aromatic rings. The van der Waals surface area contributed by atoms with Gasteiger partial charge in [-0.1, -0.05) is 0 Å². The van der Waals surface area contributed by atoms with Crippen LogP contribution < -0.4 is 5.32 Å². The van der Waals surface area contributed by atoms with E-state index in [0.29, 0.717) is 13.0 Å². The molecular weight excluding hydrogens is 266 g/mol. The van der Waals surface area contributed by atoms with Crippen LogP contribution in [0.3, 0.4) is 0 Å². The third-order valence-electron chi connectivity index (χ3n) is 3.26. The Bertz CT molecular complexity index is 497. The highest BCUT2D eigenvalue weighted by Gasteiger charge is 2.43. The first kappa shape index (κ1) is 14.5. The van der Waals surface area contributed by atoms with Gasteiger partial charge in [0.25, 0.3) is 5.91 Å². The molecule has 0 radical (unpaired) electrons. The standard InChI is InChI=1S/C13H17NO6/c1-3-19-10-6-7(11(10)18-2)14-12(15)8-4-5-9(20-8)13(16)17/h4-5,7,10-11H,3,6H2,1-2H3,(H,14,15)(H,16,17). The van der Waals surface area contributed by atoms with Gasteiger partial charge in [-0.2, -0.15) is 0 Å². The zero-order valence-electron chi connectivity index (χ0n) is 11.3. The molecule has 7 nitrogen and oxygen atoms in total. The first-order chi connectivity index (χ1) is 9.56. The molecule has 1 aliphatic rings. The van der Waals surface area contributed by atoms with Crippen LogP contribution in [0.4, 0.5) is 0 Å². The zero-order chi connectivity index (χ0) is 14.7. The zero-order valence-corrected chi connectivity index (χ0v) is 11.3. The van der Waals surface area contributed by atoms with E-state index >= 15 is 0 Å². The summed E-state index contributed by atoms with van der Waals surface area (Å²) in [6, 6.07) is 2.41. The molecule has 1 amide bonds. The summed E-state index contributed by atoms with van der Waals surface area (Å²) in [5.41, 5.74) is 0. The van der Waals surface area contributed by atoms with Crippen molar-refractivity contribution in [2.75, 3.05) is 13.7 Å². The second-order valence-electron chi connectivity index (χ2n) is 4.48. The fraction of sp³-hybridized carbons (Fsp3) is 0.538. The molecule has 1 heterocycles. The molecule has 20 heavy (non-hydrogen) atoms. The molecule has 110 valence electrons. The summed E-state index contributed by atoms with van der Waals surface area (Å²) in [6.45, 7) is 2.49. The molecule has 1 saturated carbocycles. The van der Waals surface area contributed by atoms with Crippen molar-refractivity contribution in [2.24, 2.45) is 0 Å². The largest absolute Gasteiger partial charge is 0.475 e. The maximum atomic E-state index is 11.9. The van der Waals surface area contributed by atoms with Crippen molar-refractivity contribution in [1.82, 2.24) is 5.32 Å². The number of carboxylic acids is 1. The number of hydrogen-bond donors (Lipinski definition) is 2. The summed E-state index contributed by atoms with van der Waals surface area (Å²) in [5.74, 6) is -1.96. The van der Waals surface area contributed by atoms with Gasteiger partial charge < -0.3 is 24.3 Å². The van der Waals surface area contributed by atoms with E-state index < -0.39 is 11.9 Å². The normalized spacial score (nSPS) is 25.0. The van der Waals surface area contributed by atoms with Crippen LogP contribution in [0.2, 0.25) is 0 Å². The van der Waals surface area contributed by atoms with Gasteiger partial charge in [0.05, 0.1) is 12.1 Å². The number of ether oxygens (including phenoxy) is 2. The number of methoxy groups -OCH3 is 1. The summed E-state index contributed by atoms with van der Waals surface area (Å²) in [5, 5.41) is 11.5. The lowest BCUT2D eigenvalue weighted by molar-refractivity contribution is -0.128. The maximum Gasteiger partial charge on any atom is 0.371 e. The Morgan fingerprint density at radius 3 is 2.70 bits per heavy atom. The van der Waals surface area contributed by atoms with Crippen molar-refractivity contribution in [2.45, 2.75) is 31.6 Å². The van der Waals surface area contributed by atoms with Gasteiger partial charge in [0.2, 0.25) is 5.76 Å². The van der Waals surface area contributed by atoms with Crippen LogP contribution in [0.5, 0.6) is 0 Å². The second kappa shape index (κ2) is 6.06. The average Bonchev–Trinajstić information content (AvgIpc) is 2.87. The molecule has 0 spiro atoms. The smallest absolute Gasteiger partial charge is 0.371 e. The molecule has 1 aromatic heterocycles. The van der Waals surface area contributed by atoms with E-state index in [2.05, 4.69) is 5.32 Å². The lowest BCUT2D eigenvalue weighted by Crippen LogP contribution is -2.60. The number of aromatic carboxylic acids is 1. The highest BCUT2D eigenvalue weighted by atomic mass is 16.5. The van der Waals surface area contributed by atoms with Crippen molar-refractivity contribution in [1.29, 1.82) is 0 Å². The van der Waals surface area contributed by atoms with E-state index in [0.717, 1.165) is 0 Å². The van der Waals surface area contributed by atoms with Crippen LogP contribution in [0.25, 0.3) is 0 Å². The van der Waals surface area contributed by atoms with Gasteiger partial charge in [0.1, 0.15) is 6.10 Å². The Morgan fingerprint density at radius 2 is 2.15 bits per heavy atom. The first-order valence-electron chi connectivity index (χ1n) is 6.35. The van der Waals surface area contributed by atoms with Gasteiger partial charge in [-0.25, -0.2) is 4.79 Å². The molecule has 3 unspecified atom stereocenters. The van der Waals surface area contributed by atoms with Crippen molar-refractivity contribution in [3.8, 4) is 0 Å². The van der Waals surface area contributed by atoms with Gasteiger partial charge >= 0.3 is 5.97 Å². The topological polar surface area (TPSA) is 98.0 Å². The minimum Gasteiger partial charge on any atom is -0.475 e. The predicted octanol–water partition coefficient (Wildman–Crippen LogP) is 0.900. The van der Waals surface area contributed by atoms with E-state index in [4.69, 9.17) is 19.0 Å². The van der Waals surface area contributed by atoms with E-state index in [1.54, 1.807) is 7.11 Å². The quantitative estimate of drug-likeness (QED) is 0.805. The number of amides is 1. The molecule has 1 fully saturated rings. The van der Waals surface area contributed by atoms with Crippen LogP contribution in [-0.4, -0.2) is 48.9 Å². The predicted molar refractivity (Wildman–Crippen MR) is 67.7 cm³/mol. The molecule has 7 heteroatoms. The lowest BCUT2D eigenvalue weighted by atomic mass is 9.85. The van der Waals surface area contributed by atoms with Crippen LogP contribution in [0.1, 0.15) is 34.5 Å². The minimum absolute atomic E-state index is 0.0264. The molecule has 3 atom stereocenters. The molecule has 0 bridgehead atoms. The molecule has 2 rings (SSSR count). The molecule has 2 N–H and O–H groups in total. The summed E-state index contributed by atoms with van der Waals surface area (Å²) in [4.78, 5) is 22.6. The van der Waals surface area contributed by atoms with Crippen LogP contribution in [0.15, 0.2) is 16.5 Å². The average molecular weight is 283 g/mol. The van der Waals surface area contributed by atoms with Crippen LogP contribution >= 0.6 is 0 Å². The number of carbonyl (C=O) groups excluding carboxylic acids is 1. The second-order valence-corrected chi connectivity index (χ2v) is 4.48. The Kier molecular flexibility index (Phi) is 4.41. The minimum atomic E-state index is -1.21. The SMILES string of the molecule is CCOC1CC(NC(=O)c2ccc(C(=O)O)o2)C1OC. The van der Waals surface area contributed by atoms with E-state index in [9.17, 15) is 9.59 Å². The summed E-state index contributed by atoms with van der Waals surface area (Å²) < 4.78 is 15.7. The number of furan rings is 1. The van der Waals surface area contributed by atoms with Gasteiger partial charge in [0.15, 0.2) is 5.76 Å². The van der Waals surface area contributed by atoms with Crippen molar-refractivity contribution < 1.29 is 28.6 Å². The summed E-state index contributed by atoms with van der Waals surface area (Å²) >= 11 is 0. The van der Waals surface area contributed by atoms with E-state index in [1.165, 1.54) is 12.1 Å². The summed E-state index contributed by atoms with van der Waals surface area (Å²) in [6.07, 6.45) is 0.430. The van der Waals surface area contributed by atoms with Gasteiger partial charge in [0, 0.05) is 13.7 Å². The Labute approximate surface area is 115 Å². The first-order valence-corrected chi connectivity index (χ1v) is 6.35. The number of rotatable bonds is 6. The van der Waals surface area contributed by atoms with Crippen LogP contribution in [-0.2, 0) is 9.47 Å². The Morgan fingerprint density at radius 1 is 1.45 bits per heavy atom. The summed E-state index contributed by atoms with van der Waals surface area (Å²) in [7, 11) is 1.56. The monoisotopic (exact) mass is 283 g/mol. The maximum absolute atomic E-state index is 11.9. The van der Waals surface area contributed by atoms with Crippen molar-refractivity contribution >= 4 is 11.9 Å². The Hall–Kier alpha value is -1.86. The van der Waals surface area contributed by atoms with Crippen molar-refractivity contribution in [3.05, 3.63) is 23.7 Å². The number of hydrogen-bond acceptors (Lipinski definition) is 5. The lowest BCUT2D eigenvalue weighted by Gasteiger charge is -2.43. The fourth-order valence-electron chi connectivity index (χ4n) is 2.23. The molecule has 1 aliphatic carbocycles. The molecule has 0 aromatic carbocycles. The molecular formula is C13H17NO6. The number of carboxylic acid groups (broad SMARTS) is 1. The van der Waals surface area contributed by atoms with Gasteiger partial charge in [-0.3, -0.25) is 4.79 Å². The molecule has 0 saturated heterocycles. The van der Waals surface area contributed by atoms with E-state index in [1.807, 2.05) is 6.92 Å². The number of carbonyl (C=O) groups is 2. The number of nitrogens with one attached hydrogen (secondary N) is 1. The van der Waals surface area contributed by atoms with E-state index in [-0.39, 0.29) is 29.8 Å². The van der Waals surface area contributed by atoms with Gasteiger partial charge in [-0.15, -0.1) is 0 Å². The van der Waals surface area contributed by atoms with Gasteiger partial charge in [-0.05, 0) is 25.5 Å². The third-order valence-corrected chi connectivity index (χ3v) is 3.26. The van der Waals surface area contributed by atoms with Crippen molar-refractivity contribution in [3.63, 3.8) is 0 Å². The molecule has 0 aliphatic heterocycles. The highest BCUT2D eigenvalue weighted by molar-refractivity contribution is 5.93. The highest BCUT2D eigenvalue weighted by Crippen LogP contribution is 2.27. The fourth-order valence-corrected chi connectivity index (χ4v) is 2.23. The third kappa shape index (κ3) is 2.83.